The van der Waals surface area contributed by atoms with Gasteiger partial charge in [-0.1, -0.05) is 22.9 Å². The molecule has 0 saturated heterocycles. The maximum atomic E-state index is 13.3. The van der Waals surface area contributed by atoms with Crippen molar-refractivity contribution in [3.05, 3.63) is 23.0 Å². The van der Waals surface area contributed by atoms with E-state index in [0.717, 1.165) is 31.7 Å². The summed E-state index contributed by atoms with van der Waals surface area (Å²) in [5.74, 6) is -0.610. The highest BCUT2D eigenvalue weighted by Crippen LogP contribution is 2.38. The van der Waals surface area contributed by atoms with Gasteiger partial charge in [0.25, 0.3) is 0 Å². The van der Waals surface area contributed by atoms with Gasteiger partial charge in [-0.2, -0.15) is 17.7 Å². The number of fused-ring (bicyclic) bond motifs is 1. The highest BCUT2D eigenvalue weighted by atomic mass is 35.5. The van der Waals surface area contributed by atoms with Gasteiger partial charge in [0.15, 0.2) is 5.15 Å². The van der Waals surface area contributed by atoms with Crippen molar-refractivity contribution in [2.45, 2.75) is 50.9 Å². The quantitative estimate of drug-likeness (QED) is 0.416. The van der Waals surface area contributed by atoms with Gasteiger partial charge >= 0.3 is 12.2 Å². The van der Waals surface area contributed by atoms with Crippen LogP contribution in [-0.2, 0) is 6.18 Å². The Morgan fingerprint density at radius 2 is 2.00 bits per heavy atom. The summed E-state index contributed by atoms with van der Waals surface area (Å²) in [6, 6.07) is 1.01. The second-order valence-electron chi connectivity index (χ2n) is 7.70. The van der Waals surface area contributed by atoms with Crippen LogP contribution in [0, 0.1) is 0 Å². The van der Waals surface area contributed by atoms with Crippen LogP contribution in [0.15, 0.2) is 12.3 Å². The molecule has 4 rings (SSSR count). The maximum absolute atomic E-state index is 13.3. The van der Waals surface area contributed by atoms with E-state index in [2.05, 4.69) is 31.0 Å². The molecule has 0 atom stereocenters. The molecule has 3 aromatic rings. The number of imidazole rings is 1. The third kappa shape index (κ3) is 5.08. The molecule has 0 bridgehead atoms. The standard InChI is InChI=1S/C19H22ClF3N8OS/c1-2-25-16(32)27-10-3-5-11(6-4-10)28-17-30-31-13(14(20)29-18(31)33-17)9-7-12(19(21,22)23)15(24)26-8-9/h7-8,10-11H,2-6H2,1H3,(H2,24,26)(H,28,30)(H2,25,27,32). The Labute approximate surface area is 195 Å². The van der Waals surface area contributed by atoms with Crippen LogP contribution in [0.25, 0.3) is 16.2 Å². The lowest BCUT2D eigenvalue weighted by molar-refractivity contribution is -0.137. The number of alkyl halides is 3. The van der Waals surface area contributed by atoms with Gasteiger partial charge in [0.05, 0.1) is 5.56 Å². The molecule has 0 radical (unpaired) electrons. The summed E-state index contributed by atoms with van der Waals surface area (Å²) in [4.78, 5) is 20.0. The van der Waals surface area contributed by atoms with Gasteiger partial charge in [0.1, 0.15) is 11.5 Å². The molecule has 0 aromatic carbocycles. The largest absolute Gasteiger partial charge is 0.419 e. The molecular weight excluding hydrogens is 481 g/mol. The van der Waals surface area contributed by atoms with Crippen LogP contribution in [0.2, 0.25) is 5.15 Å². The zero-order chi connectivity index (χ0) is 23.8. The minimum absolute atomic E-state index is 0.0249. The number of aromatic nitrogens is 4. The first-order valence-corrected chi connectivity index (χ1v) is 11.5. The molecule has 5 N–H and O–H groups in total. The van der Waals surface area contributed by atoms with Crippen molar-refractivity contribution in [3.63, 3.8) is 0 Å². The fourth-order valence-electron chi connectivity index (χ4n) is 3.81. The number of nitrogen functional groups attached to an aromatic ring is 1. The van der Waals surface area contributed by atoms with Crippen molar-refractivity contribution in [2.24, 2.45) is 0 Å². The lowest BCUT2D eigenvalue weighted by Crippen LogP contribution is -2.44. The molecule has 1 fully saturated rings. The van der Waals surface area contributed by atoms with Gasteiger partial charge in [0, 0.05) is 30.4 Å². The summed E-state index contributed by atoms with van der Waals surface area (Å²) < 4.78 is 41.2. The van der Waals surface area contributed by atoms with E-state index in [1.54, 1.807) is 0 Å². The second-order valence-corrected chi connectivity index (χ2v) is 9.02. The molecule has 1 aliphatic carbocycles. The lowest BCUT2D eigenvalue weighted by Gasteiger charge is -2.29. The molecule has 0 unspecified atom stereocenters. The second kappa shape index (κ2) is 9.21. The number of rotatable bonds is 5. The van der Waals surface area contributed by atoms with Gasteiger partial charge in [-0.25, -0.2) is 14.8 Å². The summed E-state index contributed by atoms with van der Waals surface area (Å²) >= 11 is 7.46. The number of nitrogens with one attached hydrogen (secondary N) is 3. The summed E-state index contributed by atoms with van der Waals surface area (Å²) in [7, 11) is 0. The topological polar surface area (TPSA) is 122 Å². The number of carbonyl (C=O) groups excluding carboxylic acids is 1. The SMILES string of the molecule is CCNC(=O)NC1CCC(Nc2nn3c(-c4cnc(N)c(C(F)(F)F)c4)c(Cl)nc3s2)CC1. The van der Waals surface area contributed by atoms with Gasteiger partial charge in [0.2, 0.25) is 10.1 Å². The average Bonchev–Trinajstić information content (AvgIpc) is 3.25. The van der Waals surface area contributed by atoms with Crippen molar-refractivity contribution in [3.8, 4) is 11.3 Å². The zero-order valence-corrected chi connectivity index (χ0v) is 19.1. The highest BCUT2D eigenvalue weighted by Gasteiger charge is 2.34. The van der Waals surface area contributed by atoms with Crippen molar-refractivity contribution in [1.29, 1.82) is 0 Å². The number of carbonyl (C=O) groups is 1. The van der Waals surface area contributed by atoms with Crippen molar-refractivity contribution >= 4 is 44.9 Å². The van der Waals surface area contributed by atoms with E-state index in [0.29, 0.717) is 16.6 Å². The van der Waals surface area contributed by atoms with E-state index < -0.39 is 17.6 Å². The number of hydrogen-bond acceptors (Lipinski definition) is 7. The van der Waals surface area contributed by atoms with Crippen LogP contribution in [-0.4, -0.2) is 44.2 Å². The molecule has 1 saturated carbocycles. The summed E-state index contributed by atoms with van der Waals surface area (Å²) in [6.45, 7) is 2.44. The summed E-state index contributed by atoms with van der Waals surface area (Å²) in [6.07, 6.45) is -0.108. The molecular formula is C19H22ClF3N8OS. The minimum atomic E-state index is -4.65. The molecule has 3 heterocycles. The predicted octanol–water partition coefficient (Wildman–Crippen LogP) is 4.15. The number of nitrogens with zero attached hydrogens (tertiary/aromatic N) is 4. The van der Waals surface area contributed by atoms with Gasteiger partial charge in [-0.15, -0.1) is 5.10 Å². The highest BCUT2D eigenvalue weighted by molar-refractivity contribution is 7.20. The summed E-state index contributed by atoms with van der Waals surface area (Å²) in [5.41, 5.74) is 4.68. The molecule has 9 nitrogen and oxygen atoms in total. The van der Waals surface area contributed by atoms with Gasteiger partial charge in [-0.3, -0.25) is 0 Å². The van der Waals surface area contributed by atoms with E-state index in [4.69, 9.17) is 17.3 Å². The maximum Gasteiger partial charge on any atom is 0.419 e. The van der Waals surface area contributed by atoms with Crippen LogP contribution >= 0.6 is 22.9 Å². The molecule has 1 aliphatic rings. The molecule has 33 heavy (non-hydrogen) atoms. The Morgan fingerprint density at radius 1 is 1.30 bits per heavy atom. The first-order valence-electron chi connectivity index (χ1n) is 10.3. The van der Waals surface area contributed by atoms with Crippen LogP contribution in [0.4, 0.5) is 28.9 Å². The molecule has 14 heteroatoms. The zero-order valence-electron chi connectivity index (χ0n) is 17.5. The van der Waals surface area contributed by atoms with E-state index in [1.165, 1.54) is 22.0 Å². The lowest BCUT2D eigenvalue weighted by atomic mass is 9.91. The van der Waals surface area contributed by atoms with E-state index >= 15 is 0 Å². The van der Waals surface area contributed by atoms with E-state index in [1.807, 2.05) is 6.92 Å². The number of amides is 2. The number of urea groups is 1. The van der Waals surface area contributed by atoms with Gasteiger partial charge in [-0.05, 0) is 38.7 Å². The van der Waals surface area contributed by atoms with E-state index in [-0.39, 0.29) is 34.5 Å². The number of anilines is 2. The Bertz CT molecular complexity index is 1160. The van der Waals surface area contributed by atoms with Crippen molar-refractivity contribution in [2.75, 3.05) is 17.6 Å². The molecule has 178 valence electrons. The Hall–Kier alpha value is -2.80. The molecule has 0 spiro atoms. The summed E-state index contributed by atoms with van der Waals surface area (Å²) in [5, 5.41) is 14.1. The van der Waals surface area contributed by atoms with Crippen molar-refractivity contribution < 1.29 is 18.0 Å². The average molecular weight is 503 g/mol. The normalized spacial score (nSPS) is 18.9. The molecule has 2 amide bonds. The Morgan fingerprint density at radius 3 is 2.67 bits per heavy atom. The fraction of sp³-hybridized carbons (Fsp3) is 0.474. The third-order valence-electron chi connectivity index (χ3n) is 5.39. The van der Waals surface area contributed by atoms with Crippen LogP contribution in [0.5, 0.6) is 0 Å². The number of nitrogens with two attached hydrogens (primary N) is 1. The number of hydrogen-bond donors (Lipinski definition) is 4. The van der Waals surface area contributed by atoms with Crippen LogP contribution in [0.3, 0.4) is 0 Å². The number of pyridine rings is 1. The van der Waals surface area contributed by atoms with E-state index in [9.17, 15) is 18.0 Å². The Kier molecular flexibility index (Phi) is 6.52. The smallest absolute Gasteiger partial charge is 0.383 e. The predicted molar refractivity (Wildman–Crippen MR) is 120 cm³/mol. The molecule has 0 aliphatic heterocycles. The van der Waals surface area contributed by atoms with Crippen molar-refractivity contribution in [1.82, 2.24) is 30.2 Å². The minimum Gasteiger partial charge on any atom is -0.383 e. The first-order chi connectivity index (χ1) is 15.7. The van der Waals surface area contributed by atoms with Gasteiger partial charge < -0.3 is 21.7 Å². The third-order valence-corrected chi connectivity index (χ3v) is 6.49. The van der Waals surface area contributed by atoms with Crippen LogP contribution < -0.4 is 21.7 Å². The monoisotopic (exact) mass is 502 g/mol. The molecule has 3 aromatic heterocycles. The van der Waals surface area contributed by atoms with Crippen LogP contribution in [0.1, 0.15) is 38.2 Å². The Balaban J connectivity index is 1.49. The number of halogens is 4. The fourth-order valence-corrected chi connectivity index (χ4v) is 5.00. The first kappa shape index (κ1) is 23.4.